The number of rotatable bonds is 4. The number of anilines is 2. The van der Waals surface area contributed by atoms with Gasteiger partial charge >= 0.3 is 0 Å². The number of nitrogens with one attached hydrogen (secondary N) is 2. The van der Waals surface area contributed by atoms with Crippen LogP contribution in [0.2, 0.25) is 0 Å². The summed E-state index contributed by atoms with van der Waals surface area (Å²) in [6.07, 6.45) is 3.98. The largest absolute Gasteiger partial charge is 0.357 e. The monoisotopic (exact) mass is 357 g/mol. The lowest BCUT2D eigenvalue weighted by Crippen LogP contribution is -2.15. The Morgan fingerprint density at radius 3 is 2.35 bits per heavy atom. The molecular weight excluding hydrogens is 346 g/mol. The highest BCUT2D eigenvalue weighted by molar-refractivity contribution is 9.10. The van der Waals surface area contributed by atoms with Gasteiger partial charge in [-0.15, -0.1) is 0 Å². The van der Waals surface area contributed by atoms with Crippen molar-refractivity contribution in [3.05, 3.63) is 34.7 Å². The number of hydrogen-bond acceptors (Lipinski definition) is 6. The van der Waals surface area contributed by atoms with Gasteiger partial charge in [-0.25, -0.2) is 23.4 Å². The van der Waals surface area contributed by atoms with Crippen LogP contribution in [0.3, 0.4) is 0 Å². The molecule has 0 saturated carbocycles. The smallest absolute Gasteiger partial charge is 0.266 e. The Labute approximate surface area is 125 Å². The van der Waals surface area contributed by atoms with Crippen LogP contribution in [0.4, 0.5) is 11.8 Å². The Bertz CT molecular complexity index is 718. The average molecular weight is 358 g/mol. The minimum absolute atomic E-state index is 0.0272. The zero-order valence-corrected chi connectivity index (χ0v) is 13.2. The zero-order chi connectivity index (χ0) is 14.8. The van der Waals surface area contributed by atoms with Crippen molar-refractivity contribution in [3.8, 4) is 0 Å². The topological polar surface area (TPSA) is 96.9 Å². The van der Waals surface area contributed by atoms with E-state index in [0.29, 0.717) is 11.5 Å². The summed E-state index contributed by atoms with van der Waals surface area (Å²) in [5, 5.41) is 2.72. The molecule has 20 heavy (non-hydrogen) atoms. The minimum atomic E-state index is -3.75. The Morgan fingerprint density at radius 1 is 1.15 bits per heavy atom. The molecule has 7 nitrogen and oxygen atoms in total. The van der Waals surface area contributed by atoms with E-state index in [1.54, 1.807) is 20.0 Å². The Morgan fingerprint density at radius 2 is 1.80 bits per heavy atom. The van der Waals surface area contributed by atoms with Gasteiger partial charge in [0.1, 0.15) is 10.7 Å². The highest BCUT2D eigenvalue weighted by atomic mass is 79.9. The number of nitrogens with zero attached hydrogens (tertiary/aromatic N) is 3. The van der Waals surface area contributed by atoms with E-state index < -0.39 is 10.0 Å². The van der Waals surface area contributed by atoms with Crippen LogP contribution in [-0.4, -0.2) is 30.4 Å². The summed E-state index contributed by atoms with van der Waals surface area (Å²) in [5.74, 6) is 0.618. The lowest BCUT2D eigenvalue weighted by Gasteiger charge is -2.09. The first kappa shape index (κ1) is 14.7. The minimum Gasteiger partial charge on any atom is -0.357 e. The van der Waals surface area contributed by atoms with Crippen molar-refractivity contribution >= 4 is 37.7 Å². The van der Waals surface area contributed by atoms with Crippen molar-refractivity contribution in [2.24, 2.45) is 0 Å². The second-order valence-corrected chi connectivity index (χ2v) is 6.51. The van der Waals surface area contributed by atoms with E-state index >= 15 is 0 Å². The number of sulfonamides is 1. The molecule has 0 fully saturated rings. The van der Waals surface area contributed by atoms with Crippen molar-refractivity contribution in [2.45, 2.75) is 11.8 Å². The maximum Gasteiger partial charge on any atom is 0.266 e. The summed E-state index contributed by atoms with van der Waals surface area (Å²) >= 11 is 3.27. The molecular formula is C11H12BrN5O2S. The first-order valence-electron chi connectivity index (χ1n) is 5.57. The molecule has 2 heterocycles. The van der Waals surface area contributed by atoms with Crippen molar-refractivity contribution in [1.82, 2.24) is 15.0 Å². The molecule has 0 saturated heterocycles. The predicted octanol–water partition coefficient (Wildman–Crippen LogP) is 1.79. The highest BCUT2D eigenvalue weighted by Gasteiger charge is 2.17. The van der Waals surface area contributed by atoms with E-state index in [1.165, 1.54) is 18.6 Å². The van der Waals surface area contributed by atoms with Gasteiger partial charge in [0.05, 0.1) is 12.4 Å². The van der Waals surface area contributed by atoms with Crippen LogP contribution in [0.1, 0.15) is 5.56 Å². The fraction of sp³-hybridized carbons (Fsp3) is 0.182. The SMILES string of the molecule is CNc1ncc(S(=O)(=O)Nc2ncc(Br)cc2C)cn1. The fourth-order valence-electron chi connectivity index (χ4n) is 1.42. The van der Waals surface area contributed by atoms with Crippen molar-refractivity contribution in [2.75, 3.05) is 17.1 Å². The molecule has 0 radical (unpaired) electrons. The number of hydrogen-bond donors (Lipinski definition) is 2. The van der Waals surface area contributed by atoms with Gasteiger partial charge in [-0.05, 0) is 34.5 Å². The van der Waals surface area contributed by atoms with E-state index in [9.17, 15) is 8.42 Å². The van der Waals surface area contributed by atoms with Crippen molar-refractivity contribution < 1.29 is 8.42 Å². The molecule has 0 aliphatic carbocycles. The summed E-state index contributed by atoms with van der Waals surface area (Å²) in [7, 11) is -2.10. The lowest BCUT2D eigenvalue weighted by atomic mass is 10.3. The van der Waals surface area contributed by atoms with Crippen LogP contribution in [0.5, 0.6) is 0 Å². The molecule has 0 amide bonds. The van der Waals surface area contributed by atoms with Gasteiger partial charge in [0.15, 0.2) is 0 Å². The highest BCUT2D eigenvalue weighted by Crippen LogP contribution is 2.20. The molecule has 2 aromatic heterocycles. The van der Waals surface area contributed by atoms with Gasteiger partial charge in [-0.3, -0.25) is 4.72 Å². The van der Waals surface area contributed by atoms with Crippen LogP contribution in [0.15, 0.2) is 34.0 Å². The fourth-order valence-corrected chi connectivity index (χ4v) is 2.83. The van der Waals surface area contributed by atoms with E-state index in [1.807, 2.05) is 0 Å². The van der Waals surface area contributed by atoms with E-state index in [-0.39, 0.29) is 10.7 Å². The zero-order valence-electron chi connectivity index (χ0n) is 10.8. The van der Waals surface area contributed by atoms with Gasteiger partial charge in [-0.1, -0.05) is 0 Å². The first-order chi connectivity index (χ1) is 9.42. The summed E-state index contributed by atoms with van der Waals surface area (Å²) in [5.41, 5.74) is 0.704. The summed E-state index contributed by atoms with van der Waals surface area (Å²) in [6.45, 7) is 1.76. The molecule has 0 unspecified atom stereocenters. The van der Waals surface area contributed by atoms with Crippen LogP contribution in [0.25, 0.3) is 0 Å². The van der Waals surface area contributed by atoms with Crippen LogP contribution < -0.4 is 10.0 Å². The molecule has 0 spiro atoms. The summed E-state index contributed by atoms with van der Waals surface area (Å²) in [4.78, 5) is 11.7. The van der Waals surface area contributed by atoms with Gasteiger partial charge < -0.3 is 5.32 Å². The third kappa shape index (κ3) is 3.23. The second-order valence-electron chi connectivity index (χ2n) is 3.92. The molecule has 0 atom stereocenters. The lowest BCUT2D eigenvalue weighted by molar-refractivity contribution is 0.600. The van der Waals surface area contributed by atoms with Gasteiger partial charge in [0, 0.05) is 17.7 Å². The summed E-state index contributed by atoms with van der Waals surface area (Å²) < 4.78 is 27.5. The second kappa shape index (κ2) is 5.71. The Kier molecular flexibility index (Phi) is 4.19. The van der Waals surface area contributed by atoms with Crippen LogP contribution >= 0.6 is 15.9 Å². The number of aryl methyl sites for hydroxylation is 1. The number of halogens is 1. The standard InChI is InChI=1S/C11H12BrN5O2S/c1-7-3-8(12)4-14-10(7)17-20(18,19)9-5-15-11(13-2)16-6-9/h3-6H,1-2H3,(H,14,17)(H,13,15,16). The molecule has 9 heteroatoms. The van der Waals surface area contributed by atoms with Gasteiger partial charge in [-0.2, -0.15) is 0 Å². The Hall–Kier alpha value is -1.74. The quantitative estimate of drug-likeness (QED) is 0.865. The third-order valence-corrected chi connectivity index (χ3v) is 4.17. The van der Waals surface area contributed by atoms with Gasteiger partial charge in [0.2, 0.25) is 5.95 Å². The van der Waals surface area contributed by atoms with E-state index in [2.05, 4.69) is 40.9 Å². The molecule has 0 aliphatic heterocycles. The van der Waals surface area contributed by atoms with E-state index in [4.69, 9.17) is 0 Å². The van der Waals surface area contributed by atoms with Crippen molar-refractivity contribution in [1.29, 1.82) is 0 Å². The molecule has 2 N–H and O–H groups in total. The van der Waals surface area contributed by atoms with Crippen LogP contribution in [-0.2, 0) is 10.0 Å². The van der Waals surface area contributed by atoms with Crippen molar-refractivity contribution in [3.63, 3.8) is 0 Å². The number of aromatic nitrogens is 3. The number of pyridine rings is 1. The summed E-state index contributed by atoms with van der Waals surface area (Å²) in [6, 6.07) is 1.77. The third-order valence-electron chi connectivity index (χ3n) is 2.44. The maximum atomic E-state index is 12.2. The molecule has 2 aromatic rings. The molecule has 2 rings (SSSR count). The molecule has 0 bridgehead atoms. The van der Waals surface area contributed by atoms with E-state index in [0.717, 1.165) is 4.47 Å². The predicted molar refractivity (Wildman–Crippen MR) is 79.1 cm³/mol. The Balaban J connectivity index is 2.30. The normalized spacial score (nSPS) is 11.2. The first-order valence-corrected chi connectivity index (χ1v) is 7.85. The van der Waals surface area contributed by atoms with Crippen LogP contribution in [0, 0.1) is 6.92 Å². The molecule has 106 valence electrons. The van der Waals surface area contributed by atoms with Gasteiger partial charge in [0.25, 0.3) is 10.0 Å². The molecule has 0 aliphatic rings. The average Bonchev–Trinajstić information content (AvgIpc) is 2.42. The maximum absolute atomic E-state index is 12.2. The molecule has 0 aromatic carbocycles.